The molecule has 0 bridgehead atoms. The number of thioether (sulfide) groups is 1. The zero-order chi connectivity index (χ0) is 9.26. The zero-order valence-corrected chi connectivity index (χ0v) is 7.88. The lowest BCUT2D eigenvalue weighted by molar-refractivity contribution is -0.136. The van der Waals surface area contributed by atoms with Crippen LogP contribution in [0.2, 0.25) is 0 Å². The minimum atomic E-state index is -0.763. The van der Waals surface area contributed by atoms with E-state index in [-0.39, 0.29) is 6.42 Å². The third-order valence-electron chi connectivity index (χ3n) is 1.95. The van der Waals surface area contributed by atoms with Crippen molar-refractivity contribution < 1.29 is 9.90 Å². The number of hydrogen-bond acceptors (Lipinski definition) is 3. The number of fused-ring (bicyclic) bond motifs is 1. The summed E-state index contributed by atoms with van der Waals surface area (Å²) in [6.45, 7) is 1.00. The number of nitrogens with zero attached hydrogens (tertiary/aromatic N) is 2. The first kappa shape index (κ1) is 8.62. The molecule has 70 valence electrons. The first-order chi connectivity index (χ1) is 6.25. The quantitative estimate of drug-likeness (QED) is 0.787. The van der Waals surface area contributed by atoms with Gasteiger partial charge in [0, 0.05) is 24.9 Å². The van der Waals surface area contributed by atoms with Crippen molar-refractivity contribution in [2.45, 2.75) is 24.5 Å². The molecule has 0 spiro atoms. The van der Waals surface area contributed by atoms with Crippen molar-refractivity contribution in [3.63, 3.8) is 0 Å². The Bertz CT molecular complexity index is 313. The second-order valence-electron chi connectivity index (χ2n) is 2.95. The summed E-state index contributed by atoms with van der Waals surface area (Å²) in [6, 6.07) is 0. The minimum Gasteiger partial charge on any atom is -0.481 e. The molecule has 2 heterocycles. The maximum absolute atomic E-state index is 10.3. The lowest BCUT2D eigenvalue weighted by Gasteiger charge is -1.91. The third-order valence-corrected chi connectivity index (χ3v) is 2.92. The van der Waals surface area contributed by atoms with Gasteiger partial charge in [-0.1, -0.05) is 11.8 Å². The fraction of sp³-hybridized carbons (Fsp3) is 0.500. The molecule has 1 aromatic rings. The van der Waals surface area contributed by atoms with Crippen LogP contribution < -0.4 is 0 Å². The molecule has 0 saturated heterocycles. The Morgan fingerprint density at radius 3 is 3.31 bits per heavy atom. The van der Waals surface area contributed by atoms with E-state index in [1.54, 1.807) is 11.8 Å². The third kappa shape index (κ3) is 1.85. The number of rotatable bonds is 3. The topological polar surface area (TPSA) is 55.1 Å². The van der Waals surface area contributed by atoms with Crippen LogP contribution in [0.25, 0.3) is 0 Å². The van der Waals surface area contributed by atoms with E-state index in [9.17, 15) is 4.79 Å². The van der Waals surface area contributed by atoms with Crippen LogP contribution in [0.15, 0.2) is 11.4 Å². The van der Waals surface area contributed by atoms with Crippen LogP contribution in [0, 0.1) is 0 Å². The molecule has 1 aromatic heterocycles. The Balaban J connectivity index is 2.02. The smallest absolute Gasteiger partial charge is 0.303 e. The molecule has 0 atom stereocenters. The first-order valence-corrected chi connectivity index (χ1v) is 5.15. The molecule has 0 unspecified atom stereocenters. The van der Waals surface area contributed by atoms with Gasteiger partial charge in [-0.15, -0.1) is 0 Å². The highest BCUT2D eigenvalue weighted by Crippen LogP contribution is 2.24. The van der Waals surface area contributed by atoms with E-state index in [0.717, 1.165) is 23.1 Å². The van der Waals surface area contributed by atoms with Gasteiger partial charge < -0.3 is 9.67 Å². The lowest BCUT2D eigenvalue weighted by Crippen LogP contribution is -1.97. The number of carboxylic acid groups (broad SMARTS) is 1. The molecule has 0 aromatic carbocycles. The molecule has 5 heteroatoms. The molecule has 1 aliphatic rings. The molecular formula is C8H10N2O2S. The van der Waals surface area contributed by atoms with Gasteiger partial charge in [-0.25, -0.2) is 4.98 Å². The molecule has 1 aliphatic heterocycles. The predicted octanol–water partition coefficient (Wildman–Crippen LogP) is 1.01. The van der Waals surface area contributed by atoms with Crippen molar-refractivity contribution >= 4 is 17.7 Å². The molecule has 1 N–H and O–H groups in total. The van der Waals surface area contributed by atoms with Crippen molar-refractivity contribution in [3.8, 4) is 0 Å². The Labute approximate surface area is 80.0 Å². The normalized spacial score (nSPS) is 14.5. The number of aliphatic carboxylic acids is 1. The zero-order valence-electron chi connectivity index (χ0n) is 7.06. The van der Waals surface area contributed by atoms with Crippen molar-refractivity contribution in [2.75, 3.05) is 5.75 Å². The monoisotopic (exact) mass is 198 g/mol. The maximum Gasteiger partial charge on any atom is 0.303 e. The first-order valence-electron chi connectivity index (χ1n) is 4.16. The maximum atomic E-state index is 10.3. The van der Waals surface area contributed by atoms with Crippen LogP contribution in [0.3, 0.4) is 0 Å². The molecule has 0 radical (unpaired) electrons. The average Bonchev–Trinajstić information content (AvgIpc) is 2.58. The molecule has 13 heavy (non-hydrogen) atoms. The number of carboxylic acids is 1. The van der Waals surface area contributed by atoms with Gasteiger partial charge in [0.1, 0.15) is 0 Å². The summed E-state index contributed by atoms with van der Waals surface area (Å²) < 4.78 is 2.09. The fourth-order valence-electron chi connectivity index (χ4n) is 1.32. The van der Waals surface area contributed by atoms with Gasteiger partial charge in [-0.2, -0.15) is 0 Å². The van der Waals surface area contributed by atoms with E-state index in [1.807, 2.05) is 6.20 Å². The van der Waals surface area contributed by atoms with Crippen molar-refractivity contribution in [1.29, 1.82) is 0 Å². The largest absolute Gasteiger partial charge is 0.481 e. The summed E-state index contributed by atoms with van der Waals surface area (Å²) in [5, 5.41) is 9.51. The number of hydrogen-bond donors (Lipinski definition) is 1. The van der Waals surface area contributed by atoms with E-state index >= 15 is 0 Å². The van der Waals surface area contributed by atoms with Gasteiger partial charge >= 0.3 is 5.97 Å². The number of aryl methyl sites for hydroxylation is 2. The highest BCUT2D eigenvalue weighted by Gasteiger charge is 2.14. The van der Waals surface area contributed by atoms with Crippen LogP contribution >= 0.6 is 11.8 Å². The second-order valence-corrected chi connectivity index (χ2v) is 4.01. The summed E-state index contributed by atoms with van der Waals surface area (Å²) in [6.07, 6.45) is 2.66. The highest BCUT2D eigenvalue weighted by atomic mass is 32.2. The molecule has 4 nitrogen and oxygen atoms in total. The Kier molecular flexibility index (Phi) is 2.26. The number of imidazole rings is 1. The SMILES string of the molecule is O=C(O)CCc1cn2c(n1)SCC2. The van der Waals surface area contributed by atoms with Crippen molar-refractivity contribution in [3.05, 3.63) is 11.9 Å². The summed E-state index contributed by atoms with van der Waals surface area (Å²) in [7, 11) is 0. The van der Waals surface area contributed by atoms with Gasteiger partial charge in [0.25, 0.3) is 0 Å². The van der Waals surface area contributed by atoms with Gasteiger partial charge in [-0.05, 0) is 0 Å². The predicted molar refractivity (Wildman–Crippen MR) is 48.9 cm³/mol. The van der Waals surface area contributed by atoms with E-state index < -0.39 is 5.97 Å². The Morgan fingerprint density at radius 2 is 2.62 bits per heavy atom. The Morgan fingerprint density at radius 1 is 1.77 bits per heavy atom. The average molecular weight is 198 g/mol. The van der Waals surface area contributed by atoms with Crippen LogP contribution in [-0.2, 0) is 17.8 Å². The van der Waals surface area contributed by atoms with Crippen LogP contribution in [0.4, 0.5) is 0 Å². The lowest BCUT2D eigenvalue weighted by atomic mass is 10.2. The summed E-state index contributed by atoms with van der Waals surface area (Å²) in [4.78, 5) is 14.6. The minimum absolute atomic E-state index is 0.168. The molecule has 0 aliphatic carbocycles. The number of aromatic nitrogens is 2. The highest BCUT2D eigenvalue weighted by molar-refractivity contribution is 7.99. The van der Waals surface area contributed by atoms with Crippen LogP contribution in [0.5, 0.6) is 0 Å². The van der Waals surface area contributed by atoms with Crippen LogP contribution in [0.1, 0.15) is 12.1 Å². The van der Waals surface area contributed by atoms with E-state index in [4.69, 9.17) is 5.11 Å². The number of carbonyl (C=O) groups is 1. The van der Waals surface area contributed by atoms with Crippen molar-refractivity contribution in [2.24, 2.45) is 0 Å². The fourth-order valence-corrected chi connectivity index (χ4v) is 2.28. The Hall–Kier alpha value is -0.970. The van der Waals surface area contributed by atoms with Gasteiger partial charge in [0.15, 0.2) is 5.16 Å². The summed E-state index contributed by atoms with van der Waals surface area (Å²) >= 11 is 1.73. The molecule has 2 rings (SSSR count). The summed E-state index contributed by atoms with van der Waals surface area (Å²) in [5.74, 6) is 0.322. The van der Waals surface area contributed by atoms with Gasteiger partial charge in [0.05, 0.1) is 12.1 Å². The van der Waals surface area contributed by atoms with Gasteiger partial charge in [-0.3, -0.25) is 4.79 Å². The van der Waals surface area contributed by atoms with E-state index in [1.165, 1.54) is 0 Å². The standard InChI is InChI=1S/C8H10N2O2S/c11-7(12)2-1-6-5-10-3-4-13-8(10)9-6/h5H,1-4H2,(H,11,12). The molecule has 0 fully saturated rings. The van der Waals surface area contributed by atoms with E-state index in [0.29, 0.717) is 6.42 Å². The molecular weight excluding hydrogens is 188 g/mol. The summed E-state index contributed by atoms with van der Waals surface area (Å²) in [5.41, 5.74) is 0.893. The van der Waals surface area contributed by atoms with E-state index in [2.05, 4.69) is 9.55 Å². The van der Waals surface area contributed by atoms with Gasteiger partial charge in [0.2, 0.25) is 0 Å². The molecule has 0 saturated carbocycles. The van der Waals surface area contributed by atoms with Crippen molar-refractivity contribution in [1.82, 2.24) is 9.55 Å². The second kappa shape index (κ2) is 3.41. The molecule has 0 amide bonds. The van der Waals surface area contributed by atoms with Crippen LogP contribution in [-0.4, -0.2) is 26.4 Å².